The zero-order chi connectivity index (χ0) is 54.8. The molecule has 0 radical (unpaired) electrons. The van der Waals surface area contributed by atoms with Crippen molar-refractivity contribution in [1.29, 1.82) is 0 Å². The Morgan fingerprint density at radius 3 is 1.45 bits per heavy atom. The summed E-state index contributed by atoms with van der Waals surface area (Å²) in [6, 6.07) is 77.2. The van der Waals surface area contributed by atoms with E-state index in [2.05, 4.69) is 310 Å². The molecule has 1 aliphatic rings. The largest absolute Gasteiger partial charge is 0.457 e. The molecule has 1 aliphatic heterocycles. The number of allylic oxidation sites excluding steroid dienone is 2. The molecule has 392 valence electrons. The number of anilines is 2. The van der Waals surface area contributed by atoms with Gasteiger partial charge in [-0.25, -0.2) is 4.98 Å². The first-order chi connectivity index (χ1) is 37.2. The molecule has 10 aromatic rings. The second-order valence-electron chi connectivity index (χ2n) is 25.1. The summed E-state index contributed by atoms with van der Waals surface area (Å²) in [6.45, 7) is 28.8. The SMILES string of the molecule is CC(C)(C)c1cc(N2CN(c3cccc(Oc4ccc5c6cc(-c7ccccc7)ccc6n(-c6cc(C(C)(C)c7ccccc7)ccn6)c5c4)c3)C(C(C)(C)c3ccccc3)=C2C(C)(C)c2ccccc2)cc(C(C)(C)C)c1. The molecule has 2 aromatic heterocycles. The first kappa shape index (κ1) is 51.9. The van der Waals surface area contributed by atoms with Crippen molar-refractivity contribution in [2.45, 2.75) is 110 Å². The van der Waals surface area contributed by atoms with Gasteiger partial charge in [-0.1, -0.05) is 223 Å². The molecular formula is C73H74N4O. The topological polar surface area (TPSA) is 33.5 Å². The molecule has 78 heavy (non-hydrogen) atoms. The van der Waals surface area contributed by atoms with Crippen LogP contribution in [0.3, 0.4) is 0 Å². The third-order valence-electron chi connectivity index (χ3n) is 16.6. The summed E-state index contributed by atoms with van der Waals surface area (Å²) in [4.78, 5) is 10.3. The molecule has 0 N–H and O–H groups in total. The Labute approximate surface area is 463 Å². The molecule has 0 saturated carbocycles. The van der Waals surface area contributed by atoms with Crippen LogP contribution in [0.25, 0.3) is 38.8 Å². The molecule has 5 nitrogen and oxygen atoms in total. The molecule has 0 spiro atoms. The van der Waals surface area contributed by atoms with Crippen LogP contribution < -0.4 is 14.5 Å². The van der Waals surface area contributed by atoms with Crippen molar-refractivity contribution >= 4 is 33.2 Å². The van der Waals surface area contributed by atoms with E-state index < -0.39 is 10.8 Å². The van der Waals surface area contributed by atoms with E-state index in [0.29, 0.717) is 6.67 Å². The highest BCUT2D eigenvalue weighted by Gasteiger charge is 2.46. The van der Waals surface area contributed by atoms with Gasteiger partial charge in [0.1, 0.15) is 17.3 Å². The van der Waals surface area contributed by atoms with E-state index in [0.717, 1.165) is 44.8 Å². The van der Waals surface area contributed by atoms with Crippen molar-refractivity contribution < 1.29 is 4.74 Å². The van der Waals surface area contributed by atoms with Gasteiger partial charge in [0, 0.05) is 56.7 Å². The minimum absolute atomic E-state index is 0.0611. The third-order valence-corrected chi connectivity index (χ3v) is 16.6. The Kier molecular flexibility index (Phi) is 13.1. The van der Waals surface area contributed by atoms with E-state index in [4.69, 9.17) is 9.72 Å². The summed E-state index contributed by atoms with van der Waals surface area (Å²) in [5.74, 6) is 2.37. The van der Waals surface area contributed by atoms with Crippen LogP contribution in [0.2, 0.25) is 0 Å². The van der Waals surface area contributed by atoms with Gasteiger partial charge in [-0.15, -0.1) is 0 Å². The zero-order valence-electron chi connectivity index (χ0n) is 47.7. The molecule has 11 rings (SSSR count). The number of pyridine rings is 1. The molecule has 0 aliphatic carbocycles. The maximum atomic E-state index is 7.10. The van der Waals surface area contributed by atoms with Crippen LogP contribution in [0.5, 0.6) is 11.5 Å². The smallest absolute Gasteiger partial charge is 0.137 e. The molecule has 5 heteroatoms. The first-order valence-electron chi connectivity index (χ1n) is 27.7. The van der Waals surface area contributed by atoms with Gasteiger partial charge >= 0.3 is 0 Å². The predicted molar refractivity (Wildman–Crippen MR) is 329 cm³/mol. The van der Waals surface area contributed by atoms with Gasteiger partial charge in [0.15, 0.2) is 0 Å². The number of ether oxygens (including phenoxy) is 1. The van der Waals surface area contributed by atoms with Gasteiger partial charge in [-0.3, -0.25) is 4.57 Å². The van der Waals surface area contributed by atoms with E-state index in [-0.39, 0.29) is 16.2 Å². The number of rotatable bonds is 12. The Hall–Kier alpha value is -8.15. The average molecular weight is 1020 g/mol. The highest BCUT2D eigenvalue weighted by atomic mass is 16.5. The molecule has 0 unspecified atom stereocenters. The van der Waals surface area contributed by atoms with Crippen molar-refractivity contribution in [2.24, 2.45) is 0 Å². The molecule has 0 saturated heterocycles. The van der Waals surface area contributed by atoms with Crippen LogP contribution >= 0.6 is 0 Å². The number of fused-ring (bicyclic) bond motifs is 3. The predicted octanol–water partition coefficient (Wildman–Crippen LogP) is 19.0. The van der Waals surface area contributed by atoms with E-state index in [1.165, 1.54) is 61.6 Å². The summed E-state index contributed by atoms with van der Waals surface area (Å²) < 4.78 is 9.41. The van der Waals surface area contributed by atoms with Gasteiger partial charge in [0.2, 0.25) is 0 Å². The number of hydrogen-bond acceptors (Lipinski definition) is 4. The van der Waals surface area contributed by atoms with Gasteiger partial charge in [-0.05, 0) is 116 Å². The number of hydrogen-bond donors (Lipinski definition) is 0. The fraction of sp³-hybridized carbons (Fsp3) is 0.247. The maximum absolute atomic E-state index is 7.10. The van der Waals surface area contributed by atoms with Gasteiger partial charge in [-0.2, -0.15) is 0 Å². The number of nitrogens with zero attached hydrogens (tertiary/aromatic N) is 4. The highest BCUT2D eigenvalue weighted by molar-refractivity contribution is 6.10. The molecule has 8 aromatic carbocycles. The van der Waals surface area contributed by atoms with Crippen molar-refractivity contribution in [2.75, 3.05) is 16.5 Å². The quantitative estimate of drug-likeness (QED) is 0.122. The van der Waals surface area contributed by atoms with Crippen LogP contribution in [0, 0.1) is 0 Å². The van der Waals surface area contributed by atoms with Crippen molar-refractivity contribution in [3.8, 4) is 28.4 Å². The summed E-state index contributed by atoms with van der Waals surface area (Å²) in [7, 11) is 0. The Morgan fingerprint density at radius 2 is 0.885 bits per heavy atom. The van der Waals surface area contributed by atoms with Crippen LogP contribution in [0.1, 0.15) is 116 Å². The molecule has 3 heterocycles. The fourth-order valence-corrected chi connectivity index (χ4v) is 11.8. The molecule has 0 amide bonds. The van der Waals surface area contributed by atoms with Crippen molar-refractivity contribution in [1.82, 2.24) is 9.55 Å². The Morgan fingerprint density at radius 1 is 0.359 bits per heavy atom. The second-order valence-corrected chi connectivity index (χ2v) is 25.1. The van der Waals surface area contributed by atoms with Crippen molar-refractivity contribution in [3.05, 3.63) is 263 Å². The fourth-order valence-electron chi connectivity index (χ4n) is 11.8. The van der Waals surface area contributed by atoms with E-state index in [1.54, 1.807) is 0 Å². The minimum atomic E-state index is -0.427. The normalized spacial score (nSPS) is 13.7. The average Bonchev–Trinajstić information content (AvgIpc) is 4.24. The molecule has 0 bridgehead atoms. The van der Waals surface area contributed by atoms with Gasteiger partial charge in [0.25, 0.3) is 0 Å². The lowest BCUT2D eigenvalue weighted by atomic mass is 9.73. The zero-order valence-corrected chi connectivity index (χ0v) is 47.7. The number of aromatic nitrogens is 2. The van der Waals surface area contributed by atoms with Crippen molar-refractivity contribution in [3.63, 3.8) is 0 Å². The van der Waals surface area contributed by atoms with Crippen LogP contribution in [-0.4, -0.2) is 16.2 Å². The highest BCUT2D eigenvalue weighted by Crippen LogP contribution is 2.51. The monoisotopic (exact) mass is 1020 g/mol. The molecule has 0 atom stereocenters. The number of benzene rings is 8. The summed E-state index contributed by atoms with van der Waals surface area (Å²) in [6.07, 6.45) is 1.95. The van der Waals surface area contributed by atoms with E-state index in [1.807, 2.05) is 6.20 Å². The lowest BCUT2D eigenvalue weighted by Gasteiger charge is -2.38. The van der Waals surface area contributed by atoms with Gasteiger partial charge in [0.05, 0.1) is 29.1 Å². The summed E-state index contributed by atoms with van der Waals surface area (Å²) in [5, 5.41) is 2.29. The lowest BCUT2D eigenvalue weighted by molar-refractivity contribution is 0.483. The molecule has 0 fully saturated rings. The second kappa shape index (κ2) is 19.7. The summed E-state index contributed by atoms with van der Waals surface area (Å²) >= 11 is 0. The molecular weight excluding hydrogens is 949 g/mol. The first-order valence-corrected chi connectivity index (χ1v) is 27.7. The third kappa shape index (κ3) is 9.59. The lowest BCUT2D eigenvalue weighted by Crippen LogP contribution is -2.35. The van der Waals surface area contributed by atoms with Crippen LogP contribution in [0.4, 0.5) is 11.4 Å². The van der Waals surface area contributed by atoms with Gasteiger partial charge < -0.3 is 14.5 Å². The van der Waals surface area contributed by atoms with E-state index >= 15 is 0 Å². The van der Waals surface area contributed by atoms with Crippen LogP contribution in [0.15, 0.2) is 230 Å². The standard InChI is InChI=1S/C73H74N4O/c1-69(2,3)56-43-57(70(4,5)6)45-59(44-56)76-49-75(67(72(9,10)53-30-21-15-22-31-53)68(76)73(11,12)54-32-23-16-24-33-54)58-34-25-35-60(47-58)78-61-37-38-62-63-42-51(50-26-17-13-18-27-50)36-39-64(63)77(65(62)48-61)66-46-55(40-41-74-66)71(7,8)52-28-19-14-20-29-52/h13-48H,49H2,1-12H3. The Balaban J connectivity index is 1.06. The minimum Gasteiger partial charge on any atom is -0.457 e. The Bertz CT molecular complexity index is 3800. The van der Waals surface area contributed by atoms with E-state index in [9.17, 15) is 0 Å². The van der Waals surface area contributed by atoms with Crippen LogP contribution in [-0.2, 0) is 27.1 Å². The maximum Gasteiger partial charge on any atom is 0.137 e. The summed E-state index contributed by atoms with van der Waals surface area (Å²) in [5.41, 5.74) is 15.6.